The lowest BCUT2D eigenvalue weighted by atomic mass is 9.93. The van der Waals surface area contributed by atoms with Crippen molar-refractivity contribution >= 4 is 6.03 Å². The van der Waals surface area contributed by atoms with Crippen molar-refractivity contribution < 1.29 is 9.90 Å². The Kier molecular flexibility index (Phi) is 4.52. The van der Waals surface area contributed by atoms with E-state index in [1.807, 2.05) is 18.2 Å². The van der Waals surface area contributed by atoms with Crippen LogP contribution in [0, 0.1) is 0 Å². The van der Waals surface area contributed by atoms with Gasteiger partial charge in [0.15, 0.2) is 0 Å². The predicted molar refractivity (Wildman–Crippen MR) is 67.9 cm³/mol. The maximum atomic E-state index is 11.7. The van der Waals surface area contributed by atoms with E-state index in [2.05, 4.69) is 15.6 Å². The van der Waals surface area contributed by atoms with Gasteiger partial charge in [-0.3, -0.25) is 4.98 Å². The third-order valence-electron chi connectivity index (χ3n) is 3.19. The van der Waals surface area contributed by atoms with Gasteiger partial charge in [-0.1, -0.05) is 6.07 Å². The number of nitrogens with zero attached hydrogens (tertiary/aromatic N) is 1. The number of urea groups is 1. The fourth-order valence-electron chi connectivity index (χ4n) is 2.13. The Labute approximate surface area is 107 Å². The number of hydrogen-bond acceptors (Lipinski definition) is 3. The molecule has 1 aliphatic carbocycles. The Balaban J connectivity index is 1.69. The van der Waals surface area contributed by atoms with Crippen LogP contribution in [0.1, 0.15) is 31.4 Å². The maximum absolute atomic E-state index is 11.7. The van der Waals surface area contributed by atoms with Crippen LogP contribution in [0.25, 0.3) is 0 Å². The molecule has 1 heterocycles. The molecule has 18 heavy (non-hydrogen) atoms. The van der Waals surface area contributed by atoms with Crippen molar-refractivity contribution in [2.24, 2.45) is 0 Å². The van der Waals surface area contributed by atoms with Crippen molar-refractivity contribution in [3.8, 4) is 0 Å². The first kappa shape index (κ1) is 12.8. The molecule has 1 fully saturated rings. The molecular weight excluding hydrogens is 230 g/mol. The van der Waals surface area contributed by atoms with E-state index in [9.17, 15) is 9.90 Å². The number of nitrogens with one attached hydrogen (secondary N) is 2. The summed E-state index contributed by atoms with van der Waals surface area (Å²) >= 11 is 0. The summed E-state index contributed by atoms with van der Waals surface area (Å²) in [7, 11) is 0. The minimum Gasteiger partial charge on any atom is -0.393 e. The summed E-state index contributed by atoms with van der Waals surface area (Å²) in [6, 6.07) is 5.62. The van der Waals surface area contributed by atoms with E-state index in [0.717, 1.165) is 31.4 Å². The van der Waals surface area contributed by atoms with Crippen molar-refractivity contribution in [1.29, 1.82) is 0 Å². The fourth-order valence-corrected chi connectivity index (χ4v) is 2.13. The third kappa shape index (κ3) is 4.00. The van der Waals surface area contributed by atoms with Crippen molar-refractivity contribution in [2.75, 3.05) is 0 Å². The van der Waals surface area contributed by atoms with Gasteiger partial charge in [0.05, 0.1) is 18.3 Å². The summed E-state index contributed by atoms with van der Waals surface area (Å²) in [6.45, 7) is 0.433. The van der Waals surface area contributed by atoms with Gasteiger partial charge < -0.3 is 15.7 Å². The summed E-state index contributed by atoms with van der Waals surface area (Å²) in [6.07, 6.45) is 4.74. The van der Waals surface area contributed by atoms with Crippen LogP contribution in [0.2, 0.25) is 0 Å². The molecule has 0 aromatic carbocycles. The third-order valence-corrected chi connectivity index (χ3v) is 3.19. The molecule has 5 heteroatoms. The molecule has 0 saturated heterocycles. The summed E-state index contributed by atoms with van der Waals surface area (Å²) in [5, 5.41) is 15.1. The Hall–Kier alpha value is -1.62. The van der Waals surface area contributed by atoms with E-state index in [1.54, 1.807) is 6.20 Å². The number of hydrogen-bond donors (Lipinski definition) is 3. The lowest BCUT2D eigenvalue weighted by molar-refractivity contribution is 0.117. The smallest absolute Gasteiger partial charge is 0.315 e. The highest BCUT2D eigenvalue weighted by Crippen LogP contribution is 2.17. The Morgan fingerprint density at radius 2 is 2.11 bits per heavy atom. The van der Waals surface area contributed by atoms with Crippen LogP contribution in [0.4, 0.5) is 4.79 Å². The quantitative estimate of drug-likeness (QED) is 0.753. The number of aliphatic hydroxyl groups excluding tert-OH is 1. The van der Waals surface area contributed by atoms with Gasteiger partial charge in [-0.05, 0) is 37.8 Å². The lowest BCUT2D eigenvalue weighted by Gasteiger charge is -2.26. The highest BCUT2D eigenvalue weighted by Gasteiger charge is 2.20. The molecule has 3 N–H and O–H groups in total. The van der Waals surface area contributed by atoms with Crippen LogP contribution < -0.4 is 10.6 Å². The molecule has 1 aliphatic rings. The van der Waals surface area contributed by atoms with Crippen molar-refractivity contribution in [3.05, 3.63) is 30.1 Å². The average Bonchev–Trinajstić information content (AvgIpc) is 2.40. The molecule has 1 saturated carbocycles. The zero-order chi connectivity index (χ0) is 12.8. The van der Waals surface area contributed by atoms with E-state index in [4.69, 9.17) is 0 Å². The van der Waals surface area contributed by atoms with Crippen LogP contribution in [-0.2, 0) is 6.54 Å². The average molecular weight is 249 g/mol. The number of rotatable bonds is 3. The first-order valence-corrected chi connectivity index (χ1v) is 6.36. The molecule has 98 valence electrons. The van der Waals surface area contributed by atoms with E-state index in [0.29, 0.717) is 6.54 Å². The Morgan fingerprint density at radius 3 is 2.78 bits per heavy atom. The molecule has 0 aliphatic heterocycles. The molecule has 0 radical (unpaired) electrons. The minimum atomic E-state index is -0.195. The SMILES string of the molecule is O=C(NCc1ccccn1)NC1CCC(O)CC1. The van der Waals surface area contributed by atoms with Gasteiger partial charge in [-0.2, -0.15) is 0 Å². The zero-order valence-electron chi connectivity index (χ0n) is 10.3. The van der Waals surface area contributed by atoms with Gasteiger partial charge in [-0.25, -0.2) is 4.79 Å². The molecule has 2 amide bonds. The number of aliphatic hydroxyl groups is 1. The molecule has 1 aromatic rings. The first-order chi connectivity index (χ1) is 8.74. The van der Waals surface area contributed by atoms with Crippen molar-refractivity contribution in [1.82, 2.24) is 15.6 Å². The van der Waals surface area contributed by atoms with Crippen LogP contribution in [0.5, 0.6) is 0 Å². The summed E-state index contributed by atoms with van der Waals surface area (Å²) < 4.78 is 0. The zero-order valence-corrected chi connectivity index (χ0v) is 10.3. The number of amides is 2. The fraction of sp³-hybridized carbons (Fsp3) is 0.538. The highest BCUT2D eigenvalue weighted by molar-refractivity contribution is 5.74. The minimum absolute atomic E-state index is 0.165. The molecule has 5 nitrogen and oxygen atoms in total. The summed E-state index contributed by atoms with van der Waals surface area (Å²) in [5.74, 6) is 0. The molecule has 1 aromatic heterocycles. The molecule has 0 spiro atoms. The van der Waals surface area contributed by atoms with Crippen LogP contribution in [-0.4, -0.2) is 28.3 Å². The first-order valence-electron chi connectivity index (χ1n) is 6.36. The lowest BCUT2D eigenvalue weighted by Crippen LogP contribution is -2.43. The molecule has 0 bridgehead atoms. The van der Waals surface area contributed by atoms with E-state index < -0.39 is 0 Å². The monoisotopic (exact) mass is 249 g/mol. The van der Waals surface area contributed by atoms with Crippen molar-refractivity contribution in [2.45, 2.75) is 44.4 Å². The van der Waals surface area contributed by atoms with Gasteiger partial charge >= 0.3 is 6.03 Å². The number of carbonyl (C=O) groups is 1. The van der Waals surface area contributed by atoms with Gasteiger partial charge in [0, 0.05) is 12.2 Å². The van der Waals surface area contributed by atoms with E-state index >= 15 is 0 Å². The second-order valence-electron chi connectivity index (χ2n) is 4.65. The highest BCUT2D eigenvalue weighted by atomic mass is 16.3. The normalized spacial score (nSPS) is 23.4. The second-order valence-corrected chi connectivity index (χ2v) is 4.65. The standard InChI is InChI=1S/C13H19N3O2/c17-12-6-4-10(5-7-12)16-13(18)15-9-11-3-1-2-8-14-11/h1-3,8,10,12,17H,4-7,9H2,(H2,15,16,18). The molecule has 2 rings (SSSR count). The van der Waals surface area contributed by atoms with Gasteiger partial charge in [0.1, 0.15) is 0 Å². The largest absolute Gasteiger partial charge is 0.393 e. The maximum Gasteiger partial charge on any atom is 0.315 e. The van der Waals surface area contributed by atoms with Crippen molar-refractivity contribution in [3.63, 3.8) is 0 Å². The number of carbonyl (C=O) groups excluding carboxylic acids is 1. The number of aromatic nitrogens is 1. The van der Waals surface area contributed by atoms with E-state index in [-0.39, 0.29) is 18.2 Å². The summed E-state index contributed by atoms with van der Waals surface area (Å²) in [5.41, 5.74) is 0.840. The topological polar surface area (TPSA) is 74.2 Å². The Morgan fingerprint density at radius 1 is 1.33 bits per heavy atom. The van der Waals surface area contributed by atoms with Gasteiger partial charge in [-0.15, -0.1) is 0 Å². The second kappa shape index (κ2) is 6.35. The summed E-state index contributed by atoms with van der Waals surface area (Å²) in [4.78, 5) is 15.8. The molecular formula is C13H19N3O2. The van der Waals surface area contributed by atoms with Gasteiger partial charge in [0.25, 0.3) is 0 Å². The predicted octanol–water partition coefficient (Wildman–Crippen LogP) is 1.18. The van der Waals surface area contributed by atoms with E-state index in [1.165, 1.54) is 0 Å². The Bertz CT molecular complexity index is 375. The van der Waals surface area contributed by atoms with Gasteiger partial charge in [0.2, 0.25) is 0 Å². The van der Waals surface area contributed by atoms with Crippen LogP contribution in [0.3, 0.4) is 0 Å². The molecule has 0 atom stereocenters. The molecule has 0 unspecified atom stereocenters. The van der Waals surface area contributed by atoms with Crippen LogP contribution >= 0.6 is 0 Å². The van der Waals surface area contributed by atoms with Crippen LogP contribution in [0.15, 0.2) is 24.4 Å². The number of pyridine rings is 1.